The summed E-state index contributed by atoms with van der Waals surface area (Å²) in [4.78, 5) is 13.7. The summed E-state index contributed by atoms with van der Waals surface area (Å²) in [5.74, 6) is 0.0538. The summed E-state index contributed by atoms with van der Waals surface area (Å²) in [6.07, 6.45) is 0. The van der Waals surface area contributed by atoms with Crippen molar-refractivity contribution in [2.45, 2.75) is 13.8 Å². The molecule has 0 aromatic heterocycles. The minimum Gasteiger partial charge on any atom is -0.383 e. The Morgan fingerprint density at radius 3 is 2.72 bits per heavy atom. The quantitative estimate of drug-likeness (QED) is 0.778. The van der Waals surface area contributed by atoms with Gasteiger partial charge in [0.25, 0.3) is 0 Å². The highest BCUT2D eigenvalue weighted by Gasteiger charge is 2.12. The average Bonchev–Trinajstić information content (AvgIpc) is 2.33. The predicted octanol–water partition coefficient (Wildman–Crippen LogP) is 1.50. The van der Waals surface area contributed by atoms with E-state index >= 15 is 0 Å². The molecule has 0 saturated carbocycles. The van der Waals surface area contributed by atoms with Crippen molar-refractivity contribution in [1.82, 2.24) is 5.32 Å². The van der Waals surface area contributed by atoms with Crippen molar-refractivity contribution in [2.24, 2.45) is 0 Å². The molecule has 18 heavy (non-hydrogen) atoms. The van der Waals surface area contributed by atoms with Gasteiger partial charge in [-0.3, -0.25) is 4.79 Å². The van der Waals surface area contributed by atoms with E-state index in [9.17, 15) is 4.79 Å². The highest BCUT2D eigenvalue weighted by Crippen LogP contribution is 2.19. The standard InChI is InChI=1S/C14H22N2O2/c1-11-5-6-13(12(2)9-11)16(3)14(17)10-15-7-8-18-4/h5-6,9,15H,7-8,10H2,1-4H3. The van der Waals surface area contributed by atoms with E-state index < -0.39 is 0 Å². The van der Waals surface area contributed by atoms with Crippen LogP contribution in [0.1, 0.15) is 11.1 Å². The number of rotatable bonds is 6. The number of likely N-dealkylation sites (N-methyl/N-ethyl adjacent to an activating group) is 1. The molecule has 0 unspecified atom stereocenters. The van der Waals surface area contributed by atoms with Crippen molar-refractivity contribution in [1.29, 1.82) is 0 Å². The summed E-state index contributed by atoms with van der Waals surface area (Å²) in [7, 11) is 3.45. The zero-order chi connectivity index (χ0) is 13.5. The number of nitrogens with zero attached hydrogens (tertiary/aromatic N) is 1. The second-order valence-electron chi connectivity index (χ2n) is 4.41. The average molecular weight is 250 g/mol. The molecule has 0 bridgehead atoms. The Bertz CT molecular complexity index is 405. The highest BCUT2D eigenvalue weighted by molar-refractivity contribution is 5.94. The van der Waals surface area contributed by atoms with Crippen molar-refractivity contribution >= 4 is 11.6 Å². The molecule has 0 aliphatic heterocycles. The molecular formula is C14H22N2O2. The van der Waals surface area contributed by atoms with Crippen LogP contribution in [0, 0.1) is 13.8 Å². The molecule has 0 aliphatic carbocycles. The first-order valence-electron chi connectivity index (χ1n) is 6.09. The third-order valence-electron chi connectivity index (χ3n) is 2.85. The Balaban J connectivity index is 2.57. The molecule has 0 spiro atoms. The van der Waals surface area contributed by atoms with Crippen molar-refractivity contribution in [3.05, 3.63) is 29.3 Å². The van der Waals surface area contributed by atoms with Crippen LogP contribution in [0.2, 0.25) is 0 Å². The SMILES string of the molecule is COCCNCC(=O)N(C)c1ccc(C)cc1C. The zero-order valence-corrected chi connectivity index (χ0v) is 11.6. The van der Waals surface area contributed by atoms with Gasteiger partial charge in [-0.25, -0.2) is 0 Å². The fraction of sp³-hybridized carbons (Fsp3) is 0.500. The van der Waals surface area contributed by atoms with Crippen LogP contribution in [0.15, 0.2) is 18.2 Å². The first kappa shape index (κ1) is 14.7. The zero-order valence-electron chi connectivity index (χ0n) is 11.6. The molecule has 1 aromatic carbocycles. The lowest BCUT2D eigenvalue weighted by Crippen LogP contribution is -2.37. The monoisotopic (exact) mass is 250 g/mol. The van der Waals surface area contributed by atoms with E-state index in [-0.39, 0.29) is 5.91 Å². The van der Waals surface area contributed by atoms with Gasteiger partial charge in [0.05, 0.1) is 13.2 Å². The van der Waals surface area contributed by atoms with E-state index in [0.717, 1.165) is 11.3 Å². The van der Waals surface area contributed by atoms with Gasteiger partial charge >= 0.3 is 0 Å². The molecule has 0 saturated heterocycles. The molecule has 1 N–H and O–H groups in total. The lowest BCUT2D eigenvalue weighted by molar-refractivity contribution is -0.117. The molecule has 1 amide bonds. The number of carbonyl (C=O) groups is 1. The van der Waals surface area contributed by atoms with Crippen LogP contribution in [0.25, 0.3) is 0 Å². The molecule has 1 rings (SSSR count). The third kappa shape index (κ3) is 4.13. The van der Waals surface area contributed by atoms with Crippen LogP contribution in [-0.4, -0.2) is 39.8 Å². The number of carbonyl (C=O) groups excluding carboxylic acids is 1. The van der Waals surface area contributed by atoms with Crippen LogP contribution >= 0.6 is 0 Å². The number of anilines is 1. The van der Waals surface area contributed by atoms with E-state index in [4.69, 9.17) is 4.74 Å². The maximum absolute atomic E-state index is 12.0. The largest absolute Gasteiger partial charge is 0.383 e. The molecule has 0 atom stereocenters. The maximum Gasteiger partial charge on any atom is 0.240 e. The third-order valence-corrected chi connectivity index (χ3v) is 2.85. The second kappa shape index (κ2) is 7.13. The normalized spacial score (nSPS) is 10.4. The van der Waals surface area contributed by atoms with Crippen molar-refractivity contribution in [2.75, 3.05) is 38.8 Å². The molecule has 4 nitrogen and oxygen atoms in total. The van der Waals surface area contributed by atoms with E-state index in [1.807, 2.05) is 26.0 Å². The minimum absolute atomic E-state index is 0.0538. The number of aryl methyl sites for hydroxylation is 2. The summed E-state index contributed by atoms with van der Waals surface area (Å²) in [5.41, 5.74) is 3.28. The van der Waals surface area contributed by atoms with E-state index in [2.05, 4.69) is 11.4 Å². The lowest BCUT2D eigenvalue weighted by Gasteiger charge is -2.20. The molecule has 4 heteroatoms. The molecule has 100 valence electrons. The first-order valence-corrected chi connectivity index (χ1v) is 6.09. The van der Waals surface area contributed by atoms with Crippen LogP contribution in [0.4, 0.5) is 5.69 Å². The minimum atomic E-state index is 0.0538. The second-order valence-corrected chi connectivity index (χ2v) is 4.41. The molecule has 0 aliphatic rings. The Morgan fingerprint density at radius 2 is 2.11 bits per heavy atom. The molecule has 0 fully saturated rings. The van der Waals surface area contributed by atoms with Gasteiger partial charge in [-0.1, -0.05) is 17.7 Å². The van der Waals surface area contributed by atoms with Gasteiger partial charge in [-0.2, -0.15) is 0 Å². The number of hydrogen-bond donors (Lipinski definition) is 1. The lowest BCUT2D eigenvalue weighted by atomic mass is 10.1. The van der Waals surface area contributed by atoms with Crippen LogP contribution in [-0.2, 0) is 9.53 Å². The van der Waals surface area contributed by atoms with Gasteiger partial charge in [0.15, 0.2) is 0 Å². The Hall–Kier alpha value is -1.39. The van der Waals surface area contributed by atoms with Gasteiger partial charge < -0.3 is 15.0 Å². The van der Waals surface area contributed by atoms with Crippen molar-refractivity contribution < 1.29 is 9.53 Å². The molecule has 0 radical (unpaired) electrons. The van der Waals surface area contributed by atoms with Crippen LogP contribution < -0.4 is 10.2 Å². The number of nitrogens with one attached hydrogen (secondary N) is 1. The smallest absolute Gasteiger partial charge is 0.240 e. The van der Waals surface area contributed by atoms with Gasteiger partial charge in [0.2, 0.25) is 5.91 Å². The van der Waals surface area contributed by atoms with Crippen LogP contribution in [0.3, 0.4) is 0 Å². The van der Waals surface area contributed by atoms with Gasteiger partial charge in [0, 0.05) is 26.4 Å². The number of benzene rings is 1. The predicted molar refractivity (Wildman–Crippen MR) is 74.1 cm³/mol. The van der Waals surface area contributed by atoms with E-state index in [1.165, 1.54) is 5.56 Å². The summed E-state index contributed by atoms with van der Waals surface area (Å²) in [6.45, 7) is 5.69. The number of methoxy groups -OCH3 is 1. The van der Waals surface area contributed by atoms with Crippen LogP contribution in [0.5, 0.6) is 0 Å². The molecular weight excluding hydrogens is 228 g/mol. The van der Waals surface area contributed by atoms with Gasteiger partial charge in [0.1, 0.15) is 0 Å². The maximum atomic E-state index is 12.0. The summed E-state index contributed by atoms with van der Waals surface area (Å²) < 4.78 is 4.91. The Labute approximate surface area is 109 Å². The fourth-order valence-electron chi connectivity index (χ4n) is 1.80. The highest BCUT2D eigenvalue weighted by atomic mass is 16.5. The van der Waals surface area contributed by atoms with Gasteiger partial charge in [-0.15, -0.1) is 0 Å². The van der Waals surface area contributed by atoms with E-state index in [0.29, 0.717) is 19.7 Å². The summed E-state index contributed by atoms with van der Waals surface area (Å²) in [5, 5.41) is 3.05. The summed E-state index contributed by atoms with van der Waals surface area (Å²) in [6, 6.07) is 6.08. The van der Waals surface area contributed by atoms with Crippen molar-refractivity contribution in [3.63, 3.8) is 0 Å². The van der Waals surface area contributed by atoms with E-state index in [1.54, 1.807) is 19.1 Å². The topological polar surface area (TPSA) is 41.6 Å². The fourth-order valence-corrected chi connectivity index (χ4v) is 1.80. The number of amides is 1. The first-order chi connectivity index (χ1) is 8.56. The van der Waals surface area contributed by atoms with Crippen molar-refractivity contribution in [3.8, 4) is 0 Å². The molecule has 0 heterocycles. The summed E-state index contributed by atoms with van der Waals surface area (Å²) >= 11 is 0. The Kier molecular flexibility index (Phi) is 5.82. The number of ether oxygens (including phenoxy) is 1. The Morgan fingerprint density at radius 1 is 1.39 bits per heavy atom. The van der Waals surface area contributed by atoms with Gasteiger partial charge in [-0.05, 0) is 25.5 Å². The number of hydrogen-bond acceptors (Lipinski definition) is 3. The molecule has 1 aromatic rings.